The van der Waals surface area contributed by atoms with Crippen LogP contribution in [-0.2, 0) is 5.41 Å². The maximum Gasteiger partial charge on any atom is 0.122 e. The Labute approximate surface area is 132 Å². The molecule has 0 amide bonds. The highest BCUT2D eigenvalue weighted by molar-refractivity contribution is 6.22. The van der Waals surface area contributed by atoms with Crippen molar-refractivity contribution < 1.29 is 4.74 Å². The van der Waals surface area contributed by atoms with Gasteiger partial charge in [0, 0.05) is 0 Å². The fourth-order valence-corrected chi connectivity index (χ4v) is 2.62. The molecule has 0 aromatic heterocycles. The van der Waals surface area contributed by atoms with E-state index in [1.54, 1.807) is 7.11 Å². The second kappa shape index (κ2) is 6.11. The molecular weight excluding hydrogens is 280 g/mol. The predicted octanol–water partition coefficient (Wildman–Crippen LogP) is 5.63. The van der Waals surface area contributed by atoms with Gasteiger partial charge in [-0.2, -0.15) is 0 Å². The Hall–Kier alpha value is -1.47. The summed E-state index contributed by atoms with van der Waals surface area (Å²) in [6, 6.07) is 14.7. The van der Waals surface area contributed by atoms with E-state index in [0.29, 0.717) is 0 Å². The van der Waals surface area contributed by atoms with Gasteiger partial charge in [0.1, 0.15) is 5.75 Å². The molecule has 0 saturated heterocycles. The molecular formula is C19H23ClO. The Kier molecular flexibility index (Phi) is 4.63. The van der Waals surface area contributed by atoms with Crippen LogP contribution in [0.5, 0.6) is 5.75 Å². The summed E-state index contributed by atoms with van der Waals surface area (Å²) in [4.78, 5) is 0. The lowest BCUT2D eigenvalue weighted by molar-refractivity contribution is 0.411. The molecule has 0 aliphatic rings. The van der Waals surface area contributed by atoms with Crippen molar-refractivity contribution in [3.8, 4) is 5.75 Å². The van der Waals surface area contributed by atoms with Gasteiger partial charge in [-0.05, 0) is 40.7 Å². The van der Waals surface area contributed by atoms with Gasteiger partial charge in [-0.1, -0.05) is 57.2 Å². The van der Waals surface area contributed by atoms with Gasteiger partial charge >= 0.3 is 0 Å². The van der Waals surface area contributed by atoms with Crippen molar-refractivity contribution in [2.24, 2.45) is 0 Å². The zero-order chi connectivity index (χ0) is 15.6. The monoisotopic (exact) mass is 302 g/mol. The molecule has 2 heteroatoms. The van der Waals surface area contributed by atoms with Gasteiger partial charge in [-0.3, -0.25) is 0 Å². The van der Waals surface area contributed by atoms with Crippen LogP contribution in [0.2, 0.25) is 0 Å². The van der Waals surface area contributed by atoms with Crippen LogP contribution in [0.15, 0.2) is 42.5 Å². The summed E-state index contributed by atoms with van der Waals surface area (Å²) in [5.74, 6) is 0.879. The molecule has 21 heavy (non-hydrogen) atoms. The molecule has 1 atom stereocenters. The van der Waals surface area contributed by atoms with E-state index >= 15 is 0 Å². The lowest BCUT2D eigenvalue weighted by atomic mass is 9.86. The first-order valence-electron chi connectivity index (χ1n) is 7.22. The molecule has 2 aromatic carbocycles. The van der Waals surface area contributed by atoms with Gasteiger partial charge < -0.3 is 4.74 Å². The largest absolute Gasteiger partial charge is 0.496 e. The van der Waals surface area contributed by atoms with Crippen molar-refractivity contribution >= 4 is 11.6 Å². The van der Waals surface area contributed by atoms with Gasteiger partial charge in [0.15, 0.2) is 0 Å². The fraction of sp³-hybridized carbons (Fsp3) is 0.368. The quantitative estimate of drug-likeness (QED) is 0.668. The minimum atomic E-state index is -0.159. The third-order valence-electron chi connectivity index (χ3n) is 3.79. The summed E-state index contributed by atoms with van der Waals surface area (Å²) in [7, 11) is 1.69. The van der Waals surface area contributed by atoms with Crippen molar-refractivity contribution in [2.75, 3.05) is 7.11 Å². The lowest BCUT2D eigenvalue weighted by Gasteiger charge is -2.20. The minimum Gasteiger partial charge on any atom is -0.496 e. The molecule has 0 aliphatic heterocycles. The number of halogens is 1. The molecule has 0 heterocycles. The normalized spacial score (nSPS) is 13.0. The van der Waals surface area contributed by atoms with Gasteiger partial charge in [0.2, 0.25) is 0 Å². The molecule has 2 aromatic rings. The van der Waals surface area contributed by atoms with E-state index in [2.05, 4.69) is 51.1 Å². The molecule has 1 nitrogen and oxygen atoms in total. The number of methoxy groups -OCH3 is 1. The Balaban J connectivity index is 2.29. The fourth-order valence-electron chi connectivity index (χ4n) is 2.34. The van der Waals surface area contributed by atoms with Crippen LogP contribution in [0, 0.1) is 6.92 Å². The van der Waals surface area contributed by atoms with Crippen molar-refractivity contribution in [3.63, 3.8) is 0 Å². The average molecular weight is 303 g/mol. The zero-order valence-corrected chi connectivity index (χ0v) is 14.2. The summed E-state index contributed by atoms with van der Waals surface area (Å²) in [5.41, 5.74) is 4.76. The summed E-state index contributed by atoms with van der Waals surface area (Å²) < 4.78 is 5.38. The molecule has 0 N–H and O–H groups in total. The third kappa shape index (κ3) is 3.59. The molecule has 2 rings (SSSR count). The van der Waals surface area contributed by atoms with E-state index in [0.717, 1.165) is 22.4 Å². The summed E-state index contributed by atoms with van der Waals surface area (Å²) in [6.07, 6.45) is 0. The smallest absolute Gasteiger partial charge is 0.122 e. The Morgan fingerprint density at radius 1 is 0.952 bits per heavy atom. The standard InChI is InChI=1S/C19H23ClO/c1-13-6-7-15(12-17(13)21-5)18(20)14-8-10-16(11-9-14)19(2,3)4/h6-12,18H,1-5H3. The molecule has 0 radical (unpaired) electrons. The first kappa shape index (κ1) is 15.9. The van der Waals surface area contributed by atoms with E-state index in [1.807, 2.05) is 19.1 Å². The van der Waals surface area contributed by atoms with Crippen molar-refractivity contribution in [1.29, 1.82) is 0 Å². The van der Waals surface area contributed by atoms with E-state index in [4.69, 9.17) is 16.3 Å². The average Bonchev–Trinajstić information content (AvgIpc) is 2.46. The number of hydrogen-bond acceptors (Lipinski definition) is 1. The van der Waals surface area contributed by atoms with Crippen molar-refractivity contribution in [1.82, 2.24) is 0 Å². The topological polar surface area (TPSA) is 9.23 Å². The number of benzene rings is 2. The van der Waals surface area contributed by atoms with E-state index < -0.39 is 0 Å². The van der Waals surface area contributed by atoms with Crippen LogP contribution in [-0.4, -0.2) is 7.11 Å². The first-order valence-corrected chi connectivity index (χ1v) is 7.65. The number of rotatable bonds is 3. The summed E-state index contributed by atoms with van der Waals surface area (Å²) in [5, 5.41) is -0.159. The SMILES string of the molecule is COc1cc(C(Cl)c2ccc(C(C)(C)C)cc2)ccc1C. The van der Waals surface area contributed by atoms with E-state index in [9.17, 15) is 0 Å². The van der Waals surface area contributed by atoms with Crippen molar-refractivity contribution in [3.05, 3.63) is 64.7 Å². The number of alkyl halides is 1. The van der Waals surface area contributed by atoms with E-state index in [1.165, 1.54) is 5.56 Å². The Bertz CT molecular complexity index is 608. The van der Waals surface area contributed by atoms with Crippen LogP contribution in [0.1, 0.15) is 48.4 Å². The molecule has 0 saturated carbocycles. The van der Waals surface area contributed by atoms with Crippen LogP contribution < -0.4 is 4.74 Å². The van der Waals surface area contributed by atoms with Gasteiger partial charge in [0.25, 0.3) is 0 Å². The van der Waals surface area contributed by atoms with Crippen LogP contribution >= 0.6 is 11.6 Å². The highest BCUT2D eigenvalue weighted by Crippen LogP contribution is 2.33. The molecule has 0 bridgehead atoms. The van der Waals surface area contributed by atoms with E-state index in [-0.39, 0.29) is 10.8 Å². The number of hydrogen-bond donors (Lipinski definition) is 0. The van der Waals surface area contributed by atoms with Crippen LogP contribution in [0.3, 0.4) is 0 Å². The highest BCUT2D eigenvalue weighted by Gasteiger charge is 2.16. The number of ether oxygens (including phenoxy) is 1. The molecule has 1 unspecified atom stereocenters. The molecule has 0 fully saturated rings. The molecule has 0 spiro atoms. The Morgan fingerprint density at radius 3 is 2.05 bits per heavy atom. The summed E-state index contributed by atoms with van der Waals surface area (Å²) in [6.45, 7) is 8.67. The van der Waals surface area contributed by atoms with Crippen molar-refractivity contribution in [2.45, 2.75) is 38.5 Å². The van der Waals surface area contributed by atoms with Gasteiger partial charge in [0.05, 0.1) is 12.5 Å². The zero-order valence-electron chi connectivity index (χ0n) is 13.4. The predicted molar refractivity (Wildman–Crippen MR) is 90.6 cm³/mol. The molecule has 0 aliphatic carbocycles. The third-order valence-corrected chi connectivity index (χ3v) is 4.30. The van der Waals surface area contributed by atoms with Gasteiger partial charge in [-0.15, -0.1) is 11.6 Å². The van der Waals surface area contributed by atoms with Crippen LogP contribution in [0.25, 0.3) is 0 Å². The maximum absolute atomic E-state index is 6.62. The highest BCUT2D eigenvalue weighted by atomic mass is 35.5. The Morgan fingerprint density at radius 2 is 1.52 bits per heavy atom. The lowest BCUT2D eigenvalue weighted by Crippen LogP contribution is -2.10. The second-order valence-electron chi connectivity index (χ2n) is 6.46. The van der Waals surface area contributed by atoms with Crippen LogP contribution in [0.4, 0.5) is 0 Å². The van der Waals surface area contributed by atoms with Gasteiger partial charge in [-0.25, -0.2) is 0 Å². The number of aryl methyl sites for hydroxylation is 1. The first-order chi connectivity index (χ1) is 9.82. The molecule has 112 valence electrons. The minimum absolute atomic E-state index is 0.159. The second-order valence-corrected chi connectivity index (χ2v) is 6.90. The maximum atomic E-state index is 6.62. The summed E-state index contributed by atoms with van der Waals surface area (Å²) >= 11 is 6.62.